The molecule has 0 spiro atoms. The molecule has 128 valence electrons. The lowest BCUT2D eigenvalue weighted by atomic mass is 10.1. The summed E-state index contributed by atoms with van der Waals surface area (Å²) in [6.07, 6.45) is 2.58. The van der Waals surface area contributed by atoms with Crippen molar-refractivity contribution in [3.05, 3.63) is 52.2 Å². The lowest BCUT2D eigenvalue weighted by Crippen LogP contribution is -2.29. The SMILES string of the molecule is O=C(O)N1CCCC1c1ncc(-c2ccc(-c3ccc(Br)s3)cc2)[nH]1. The summed E-state index contributed by atoms with van der Waals surface area (Å²) >= 11 is 5.19. The molecule has 7 heteroatoms. The van der Waals surface area contributed by atoms with E-state index in [1.807, 2.05) is 6.07 Å². The second kappa shape index (κ2) is 6.65. The first-order valence-corrected chi connectivity index (χ1v) is 9.63. The van der Waals surface area contributed by atoms with E-state index in [1.54, 1.807) is 17.5 Å². The van der Waals surface area contributed by atoms with Crippen LogP contribution in [0.3, 0.4) is 0 Å². The Morgan fingerprint density at radius 3 is 2.68 bits per heavy atom. The molecule has 3 aromatic rings. The number of likely N-dealkylation sites (tertiary alicyclic amines) is 1. The van der Waals surface area contributed by atoms with Crippen molar-refractivity contribution >= 4 is 33.4 Å². The fourth-order valence-corrected chi connectivity index (χ4v) is 4.61. The highest BCUT2D eigenvalue weighted by Gasteiger charge is 2.31. The number of aromatic nitrogens is 2. The van der Waals surface area contributed by atoms with Crippen molar-refractivity contribution in [2.24, 2.45) is 0 Å². The van der Waals surface area contributed by atoms with E-state index in [-0.39, 0.29) is 6.04 Å². The summed E-state index contributed by atoms with van der Waals surface area (Å²) in [4.78, 5) is 21.7. The van der Waals surface area contributed by atoms with Crippen LogP contribution in [0.4, 0.5) is 4.79 Å². The fraction of sp³-hybridized carbons (Fsp3) is 0.222. The predicted octanol–water partition coefficient (Wildman–Crippen LogP) is 5.38. The van der Waals surface area contributed by atoms with Crippen LogP contribution >= 0.6 is 27.3 Å². The van der Waals surface area contributed by atoms with Gasteiger partial charge in [0.2, 0.25) is 0 Å². The number of nitrogens with zero attached hydrogens (tertiary/aromatic N) is 2. The molecule has 1 aromatic carbocycles. The molecule has 0 bridgehead atoms. The molecule has 2 N–H and O–H groups in total. The van der Waals surface area contributed by atoms with E-state index in [2.05, 4.69) is 56.2 Å². The van der Waals surface area contributed by atoms with Gasteiger partial charge in [0.1, 0.15) is 5.82 Å². The molecule has 3 heterocycles. The number of imidazole rings is 1. The normalized spacial score (nSPS) is 17.2. The molecule has 2 aromatic heterocycles. The highest BCUT2D eigenvalue weighted by atomic mass is 79.9. The first-order chi connectivity index (χ1) is 12.1. The number of thiophene rings is 1. The second-order valence-corrected chi connectivity index (χ2v) is 8.46. The minimum atomic E-state index is -0.882. The maximum atomic E-state index is 11.3. The minimum Gasteiger partial charge on any atom is -0.465 e. The van der Waals surface area contributed by atoms with Gasteiger partial charge in [-0.2, -0.15) is 0 Å². The van der Waals surface area contributed by atoms with Crippen LogP contribution in [0.15, 0.2) is 46.4 Å². The smallest absolute Gasteiger partial charge is 0.407 e. The van der Waals surface area contributed by atoms with Gasteiger partial charge in [0.05, 0.1) is 21.7 Å². The number of hydrogen-bond acceptors (Lipinski definition) is 3. The predicted molar refractivity (Wildman–Crippen MR) is 102 cm³/mol. The molecule has 1 aliphatic heterocycles. The Kier molecular flexibility index (Phi) is 4.35. The van der Waals surface area contributed by atoms with E-state index in [0.29, 0.717) is 6.54 Å². The van der Waals surface area contributed by atoms with E-state index >= 15 is 0 Å². The number of aromatic amines is 1. The maximum Gasteiger partial charge on any atom is 0.407 e. The summed E-state index contributed by atoms with van der Waals surface area (Å²) in [5.41, 5.74) is 3.12. The summed E-state index contributed by atoms with van der Waals surface area (Å²) < 4.78 is 1.12. The average Bonchev–Trinajstić information content (AvgIpc) is 3.34. The summed E-state index contributed by atoms with van der Waals surface area (Å²) in [7, 11) is 0. The average molecular weight is 418 g/mol. The minimum absolute atomic E-state index is 0.172. The number of hydrogen-bond donors (Lipinski definition) is 2. The van der Waals surface area contributed by atoms with Crippen LogP contribution in [0.2, 0.25) is 0 Å². The molecule has 1 fully saturated rings. The summed E-state index contributed by atoms with van der Waals surface area (Å²) in [6.45, 7) is 0.571. The Labute approximate surface area is 157 Å². The monoisotopic (exact) mass is 417 g/mol. The van der Waals surface area contributed by atoms with Crippen molar-refractivity contribution < 1.29 is 9.90 Å². The Bertz CT molecular complexity index is 903. The van der Waals surface area contributed by atoms with Crippen LogP contribution in [0.25, 0.3) is 21.7 Å². The summed E-state index contributed by atoms with van der Waals surface area (Å²) in [6, 6.07) is 12.3. The van der Waals surface area contributed by atoms with Crippen LogP contribution in [0.1, 0.15) is 24.7 Å². The largest absolute Gasteiger partial charge is 0.465 e. The number of rotatable bonds is 3. The van der Waals surface area contributed by atoms with Crippen molar-refractivity contribution in [2.75, 3.05) is 6.54 Å². The van der Waals surface area contributed by atoms with Gasteiger partial charge < -0.3 is 10.1 Å². The lowest BCUT2D eigenvalue weighted by Gasteiger charge is -2.19. The topological polar surface area (TPSA) is 69.2 Å². The molecule has 4 rings (SSSR count). The zero-order valence-corrected chi connectivity index (χ0v) is 15.7. The standard InChI is InChI=1S/C18H16BrN3O2S/c19-16-8-7-15(25-16)12-5-3-11(4-6-12)13-10-20-17(21-13)14-2-1-9-22(14)18(23)24/h3-8,10,14H,1-2,9H2,(H,20,21)(H,23,24). The van der Waals surface area contributed by atoms with Crippen molar-refractivity contribution in [1.82, 2.24) is 14.9 Å². The zero-order valence-electron chi connectivity index (χ0n) is 13.3. The molecule has 1 saturated heterocycles. The number of benzene rings is 1. The molecule has 5 nitrogen and oxygen atoms in total. The van der Waals surface area contributed by atoms with Crippen molar-refractivity contribution in [3.8, 4) is 21.7 Å². The first kappa shape index (κ1) is 16.4. The molecule has 1 atom stereocenters. The molecule has 1 unspecified atom stereocenters. The van der Waals surface area contributed by atoms with Gasteiger partial charge in [-0.25, -0.2) is 9.78 Å². The number of halogens is 1. The highest BCUT2D eigenvalue weighted by molar-refractivity contribution is 9.11. The third kappa shape index (κ3) is 3.21. The van der Waals surface area contributed by atoms with Gasteiger partial charge in [-0.3, -0.25) is 4.90 Å². The van der Waals surface area contributed by atoms with Crippen LogP contribution in [0.5, 0.6) is 0 Å². The summed E-state index contributed by atoms with van der Waals surface area (Å²) in [5, 5.41) is 9.29. The molecule has 0 aliphatic carbocycles. The second-order valence-electron chi connectivity index (χ2n) is 6.00. The molecule has 1 aliphatic rings. The fourth-order valence-electron chi connectivity index (χ4n) is 3.22. The van der Waals surface area contributed by atoms with Crippen molar-refractivity contribution in [2.45, 2.75) is 18.9 Å². The van der Waals surface area contributed by atoms with E-state index < -0.39 is 6.09 Å². The van der Waals surface area contributed by atoms with Crippen LogP contribution in [0, 0.1) is 0 Å². The molecule has 25 heavy (non-hydrogen) atoms. The van der Waals surface area contributed by atoms with Gasteiger partial charge in [0.15, 0.2) is 0 Å². The molecule has 0 saturated carbocycles. The van der Waals surface area contributed by atoms with Gasteiger partial charge in [-0.15, -0.1) is 11.3 Å². The van der Waals surface area contributed by atoms with Crippen LogP contribution in [-0.2, 0) is 0 Å². The van der Waals surface area contributed by atoms with Crippen molar-refractivity contribution in [3.63, 3.8) is 0 Å². The van der Waals surface area contributed by atoms with E-state index in [1.165, 1.54) is 15.3 Å². The Morgan fingerprint density at radius 2 is 2.00 bits per heavy atom. The van der Waals surface area contributed by atoms with Crippen LogP contribution in [-0.4, -0.2) is 32.6 Å². The molecular formula is C18H16BrN3O2S. The van der Waals surface area contributed by atoms with E-state index in [4.69, 9.17) is 0 Å². The third-order valence-electron chi connectivity index (χ3n) is 4.46. The van der Waals surface area contributed by atoms with Crippen LogP contribution < -0.4 is 0 Å². The van der Waals surface area contributed by atoms with Crippen molar-refractivity contribution in [1.29, 1.82) is 0 Å². The van der Waals surface area contributed by atoms with Gasteiger partial charge in [0.25, 0.3) is 0 Å². The summed E-state index contributed by atoms with van der Waals surface area (Å²) in [5.74, 6) is 0.723. The zero-order chi connectivity index (χ0) is 17.4. The van der Waals surface area contributed by atoms with Gasteiger partial charge in [0, 0.05) is 11.4 Å². The third-order valence-corrected chi connectivity index (χ3v) is 6.14. The number of nitrogens with one attached hydrogen (secondary N) is 1. The Hall–Kier alpha value is -2.12. The van der Waals surface area contributed by atoms with Gasteiger partial charge in [-0.05, 0) is 52.0 Å². The number of carboxylic acid groups (broad SMARTS) is 1. The number of amides is 1. The van der Waals surface area contributed by atoms with E-state index in [9.17, 15) is 9.90 Å². The Balaban J connectivity index is 1.57. The maximum absolute atomic E-state index is 11.3. The van der Waals surface area contributed by atoms with E-state index in [0.717, 1.165) is 33.7 Å². The van der Waals surface area contributed by atoms with Gasteiger partial charge in [-0.1, -0.05) is 24.3 Å². The first-order valence-electron chi connectivity index (χ1n) is 8.02. The lowest BCUT2D eigenvalue weighted by molar-refractivity contribution is 0.139. The molecule has 0 radical (unpaired) electrons. The highest BCUT2D eigenvalue weighted by Crippen LogP contribution is 2.34. The molecular weight excluding hydrogens is 402 g/mol. The van der Waals surface area contributed by atoms with Gasteiger partial charge >= 0.3 is 6.09 Å². The molecule has 1 amide bonds. The Morgan fingerprint density at radius 1 is 1.24 bits per heavy atom. The number of carbonyl (C=O) groups is 1. The quantitative estimate of drug-likeness (QED) is 0.600. The number of H-pyrrole nitrogens is 1.